The minimum absolute atomic E-state index is 0.210. The van der Waals surface area contributed by atoms with Crippen molar-refractivity contribution in [2.75, 3.05) is 55.6 Å². The van der Waals surface area contributed by atoms with Crippen molar-refractivity contribution in [1.29, 1.82) is 0 Å². The highest BCUT2D eigenvalue weighted by Crippen LogP contribution is 2.37. The molecule has 0 radical (unpaired) electrons. The van der Waals surface area contributed by atoms with Crippen molar-refractivity contribution >= 4 is 51.9 Å². The molecule has 4 aromatic rings. The summed E-state index contributed by atoms with van der Waals surface area (Å²) in [5, 5.41) is 7.73. The number of amides is 4. The largest absolute Gasteiger partial charge is 0.497 e. The van der Waals surface area contributed by atoms with Gasteiger partial charge in [-0.1, -0.05) is 11.6 Å². The maximum Gasteiger partial charge on any atom is 0.408 e. The van der Waals surface area contributed by atoms with E-state index >= 15 is 0 Å². The molecule has 16 heteroatoms. The predicted octanol–water partition coefficient (Wildman–Crippen LogP) is 4.28. The van der Waals surface area contributed by atoms with Gasteiger partial charge in [0.25, 0.3) is 5.56 Å². The molecule has 0 aliphatic carbocycles. The average Bonchev–Trinajstić information content (AvgIpc) is 3.46. The first-order chi connectivity index (χ1) is 24.0. The van der Waals surface area contributed by atoms with Crippen molar-refractivity contribution in [3.8, 4) is 11.5 Å². The summed E-state index contributed by atoms with van der Waals surface area (Å²) in [5.74, 6) is 0.244. The highest BCUT2D eigenvalue weighted by atomic mass is 35.5. The fourth-order valence-electron chi connectivity index (χ4n) is 6.11. The molecular weight excluding hydrogens is 673 g/mol. The van der Waals surface area contributed by atoms with Crippen LogP contribution in [0.1, 0.15) is 25.7 Å². The molecule has 3 heterocycles. The number of cyclic esters (lactones) is 1. The summed E-state index contributed by atoms with van der Waals surface area (Å²) in [6.45, 7) is 4.27. The normalized spacial score (nSPS) is 17.9. The van der Waals surface area contributed by atoms with Crippen LogP contribution in [0.2, 0.25) is 5.02 Å². The van der Waals surface area contributed by atoms with Crippen LogP contribution in [0.15, 0.2) is 65.5 Å². The first-order valence-corrected chi connectivity index (χ1v) is 16.2. The lowest BCUT2D eigenvalue weighted by atomic mass is 10.1. The Bertz CT molecular complexity index is 2000. The van der Waals surface area contributed by atoms with Crippen LogP contribution >= 0.6 is 11.6 Å². The van der Waals surface area contributed by atoms with E-state index in [-0.39, 0.29) is 43.3 Å². The molecule has 2 fully saturated rings. The van der Waals surface area contributed by atoms with E-state index in [2.05, 4.69) is 10.6 Å². The van der Waals surface area contributed by atoms with Crippen molar-refractivity contribution in [2.45, 2.75) is 32.0 Å². The van der Waals surface area contributed by atoms with Gasteiger partial charge in [-0.2, -0.15) is 0 Å². The van der Waals surface area contributed by atoms with Gasteiger partial charge >= 0.3 is 12.1 Å². The Hall–Kier alpha value is -5.57. The quantitative estimate of drug-likeness (QED) is 0.274. The molecule has 262 valence electrons. The van der Waals surface area contributed by atoms with Gasteiger partial charge in [-0.25, -0.2) is 23.6 Å². The van der Waals surface area contributed by atoms with E-state index in [0.717, 1.165) is 0 Å². The molecule has 2 saturated heterocycles. The summed E-state index contributed by atoms with van der Waals surface area (Å²) < 4.78 is 31.3. The van der Waals surface area contributed by atoms with Crippen molar-refractivity contribution in [2.24, 2.45) is 0 Å². The number of carbonyl (C=O) groups excluding carboxylic acids is 3. The zero-order valence-electron chi connectivity index (χ0n) is 27.7. The first kappa shape index (κ1) is 34.3. The second kappa shape index (κ2) is 14.1. The van der Waals surface area contributed by atoms with E-state index in [4.69, 9.17) is 30.8 Å². The summed E-state index contributed by atoms with van der Waals surface area (Å²) in [6.07, 6.45) is -1.28. The number of carbonyl (C=O) groups is 3. The highest BCUT2D eigenvalue weighted by Gasteiger charge is 2.40. The summed E-state index contributed by atoms with van der Waals surface area (Å²) in [4.78, 5) is 61.5. The molecular formula is C34H35ClFN7O7. The smallest absolute Gasteiger partial charge is 0.408 e. The lowest BCUT2D eigenvalue weighted by Gasteiger charge is -2.39. The van der Waals surface area contributed by atoms with Crippen LogP contribution in [-0.4, -0.2) is 85.1 Å². The zero-order chi connectivity index (χ0) is 35.7. The SMILES string of the molecule is COc1ccc(N(C(=O)Nc2ccc(F)cc2)C(C)c2nc3ccc(Cl)cc3c(=O)n2N2CCN(C(=O)C3NC(=O)OC3C)CC2)c(OC)c1. The summed E-state index contributed by atoms with van der Waals surface area (Å²) in [6, 6.07) is 12.7. The van der Waals surface area contributed by atoms with Crippen LogP contribution in [0.3, 0.4) is 0 Å². The molecule has 4 amide bonds. The standard InChI is InChI=1S/C34H35ClFN7O7/c1-19(42(27-12-10-24(48-3)18-28(27)49-4)33(46)37-23-8-6-22(36)7-9-23)30-38-26-11-5-21(35)17-25(26)31(44)43(30)41-15-13-40(14-16-41)32(45)29-20(2)50-34(47)39-29/h5-12,17-20,29H,13-16H2,1-4H3,(H,37,46)(H,39,47). The van der Waals surface area contributed by atoms with Gasteiger partial charge in [0.05, 0.1) is 49.9 Å². The van der Waals surface area contributed by atoms with Crippen LogP contribution < -0.4 is 35.6 Å². The molecule has 0 bridgehead atoms. The lowest BCUT2D eigenvalue weighted by Crippen LogP contribution is -2.59. The third kappa shape index (κ3) is 6.68. The third-order valence-electron chi connectivity index (χ3n) is 8.71. The van der Waals surface area contributed by atoms with E-state index in [0.29, 0.717) is 33.4 Å². The highest BCUT2D eigenvalue weighted by molar-refractivity contribution is 6.31. The maximum atomic E-state index is 14.3. The topological polar surface area (TPSA) is 148 Å². The number of anilines is 2. The van der Waals surface area contributed by atoms with Crippen molar-refractivity contribution < 1.29 is 33.0 Å². The molecule has 6 rings (SSSR count). The minimum atomic E-state index is -0.920. The number of piperazine rings is 1. The van der Waals surface area contributed by atoms with Gasteiger partial charge in [-0.3, -0.25) is 14.5 Å². The van der Waals surface area contributed by atoms with Gasteiger partial charge < -0.3 is 34.8 Å². The third-order valence-corrected chi connectivity index (χ3v) is 8.94. The first-order valence-electron chi connectivity index (χ1n) is 15.8. The van der Waals surface area contributed by atoms with Crippen LogP contribution in [-0.2, 0) is 9.53 Å². The Morgan fingerprint density at radius 2 is 1.76 bits per heavy atom. The molecule has 1 aromatic heterocycles. The number of nitrogens with zero attached hydrogens (tertiary/aromatic N) is 5. The fraction of sp³-hybridized carbons (Fsp3) is 0.324. The van der Waals surface area contributed by atoms with Gasteiger partial charge in [0.2, 0.25) is 5.91 Å². The molecule has 2 aliphatic rings. The van der Waals surface area contributed by atoms with Gasteiger partial charge in [0.1, 0.15) is 29.5 Å². The number of fused-ring (bicyclic) bond motifs is 1. The number of rotatable bonds is 8. The molecule has 0 saturated carbocycles. The number of halogens is 2. The number of alkyl carbamates (subject to hydrolysis) is 1. The number of nitrogens with one attached hydrogen (secondary N) is 2. The molecule has 14 nitrogen and oxygen atoms in total. The van der Waals surface area contributed by atoms with E-state index in [9.17, 15) is 23.6 Å². The van der Waals surface area contributed by atoms with Crippen molar-refractivity contribution in [3.05, 3.63) is 87.7 Å². The molecule has 2 N–H and O–H groups in total. The maximum absolute atomic E-state index is 14.3. The lowest BCUT2D eigenvalue weighted by molar-refractivity contribution is -0.134. The zero-order valence-corrected chi connectivity index (χ0v) is 28.4. The van der Waals surface area contributed by atoms with Crippen LogP contribution in [0.4, 0.5) is 25.4 Å². The average molecular weight is 708 g/mol. The van der Waals surface area contributed by atoms with E-state index in [1.807, 2.05) is 0 Å². The van der Waals surface area contributed by atoms with Gasteiger partial charge in [0, 0.05) is 29.9 Å². The van der Waals surface area contributed by atoms with Crippen molar-refractivity contribution in [1.82, 2.24) is 19.9 Å². The molecule has 3 unspecified atom stereocenters. The van der Waals surface area contributed by atoms with Crippen LogP contribution in [0, 0.1) is 5.82 Å². The number of methoxy groups -OCH3 is 2. The van der Waals surface area contributed by atoms with E-state index in [1.165, 1.54) is 54.1 Å². The Morgan fingerprint density at radius 3 is 2.40 bits per heavy atom. The predicted molar refractivity (Wildman–Crippen MR) is 184 cm³/mol. The van der Waals surface area contributed by atoms with Crippen molar-refractivity contribution in [3.63, 3.8) is 0 Å². The number of hydrogen-bond donors (Lipinski definition) is 2. The van der Waals surface area contributed by atoms with Gasteiger partial charge in [-0.05, 0) is 68.4 Å². The second-order valence-corrected chi connectivity index (χ2v) is 12.2. The monoisotopic (exact) mass is 707 g/mol. The minimum Gasteiger partial charge on any atom is -0.497 e. The number of ether oxygens (including phenoxy) is 3. The molecule has 0 spiro atoms. The summed E-state index contributed by atoms with van der Waals surface area (Å²) in [7, 11) is 2.96. The Kier molecular flexibility index (Phi) is 9.68. The Morgan fingerprint density at radius 1 is 1.04 bits per heavy atom. The number of benzene rings is 3. The Labute approximate surface area is 291 Å². The van der Waals surface area contributed by atoms with E-state index < -0.39 is 41.7 Å². The molecule has 3 atom stereocenters. The molecule has 3 aromatic carbocycles. The molecule has 2 aliphatic heterocycles. The number of hydrogen-bond acceptors (Lipinski definition) is 9. The van der Waals surface area contributed by atoms with Gasteiger partial charge in [-0.15, -0.1) is 0 Å². The summed E-state index contributed by atoms with van der Waals surface area (Å²) in [5.41, 5.74) is 0.601. The van der Waals surface area contributed by atoms with E-state index in [1.54, 1.807) is 54.1 Å². The van der Waals surface area contributed by atoms with Crippen LogP contribution in [0.25, 0.3) is 10.9 Å². The second-order valence-electron chi connectivity index (χ2n) is 11.8. The summed E-state index contributed by atoms with van der Waals surface area (Å²) >= 11 is 6.30. The molecule has 50 heavy (non-hydrogen) atoms. The Balaban J connectivity index is 1.42. The number of aromatic nitrogens is 2. The van der Waals surface area contributed by atoms with Crippen LogP contribution in [0.5, 0.6) is 11.5 Å². The fourth-order valence-corrected chi connectivity index (χ4v) is 6.28. The van der Waals surface area contributed by atoms with Gasteiger partial charge in [0.15, 0.2) is 5.82 Å². The number of urea groups is 1.